The molecule has 0 amide bonds. The first-order valence-corrected chi connectivity index (χ1v) is 11.0. The molecular weight excluding hydrogens is 432 g/mol. The average molecular weight is 459 g/mol. The van der Waals surface area contributed by atoms with Gasteiger partial charge in [0.2, 0.25) is 0 Å². The number of hydrogen-bond donors (Lipinski definition) is 2. The number of nitrogens with zero attached hydrogens (tertiary/aromatic N) is 1. The zero-order chi connectivity index (χ0) is 23.5. The zero-order valence-electron chi connectivity index (χ0n) is 19.0. The van der Waals surface area contributed by atoms with E-state index in [0.717, 1.165) is 39.6 Å². The van der Waals surface area contributed by atoms with Crippen molar-refractivity contribution in [1.29, 1.82) is 0 Å². The SMILES string of the molecule is COc1ccc(-c2nc(C3(c4ccccc4)OCC(CO)O3)[nH]c2-c2ccc(OC)cc2)cc1. The predicted molar refractivity (Wildman–Crippen MR) is 128 cm³/mol. The number of rotatable bonds is 7. The monoisotopic (exact) mass is 458 g/mol. The van der Waals surface area contributed by atoms with Crippen molar-refractivity contribution in [3.8, 4) is 34.0 Å². The number of methoxy groups -OCH3 is 2. The topological polar surface area (TPSA) is 85.8 Å². The van der Waals surface area contributed by atoms with Gasteiger partial charge >= 0.3 is 0 Å². The molecule has 2 N–H and O–H groups in total. The Kier molecular flexibility index (Phi) is 6.06. The highest BCUT2D eigenvalue weighted by Crippen LogP contribution is 2.42. The zero-order valence-corrected chi connectivity index (χ0v) is 19.0. The molecule has 174 valence electrons. The second-order valence-electron chi connectivity index (χ2n) is 7.98. The summed E-state index contributed by atoms with van der Waals surface area (Å²) in [6, 6.07) is 25.2. The highest BCUT2D eigenvalue weighted by molar-refractivity contribution is 5.79. The first-order valence-electron chi connectivity index (χ1n) is 11.0. The number of H-pyrrole nitrogens is 1. The van der Waals surface area contributed by atoms with Crippen LogP contribution < -0.4 is 9.47 Å². The number of aromatic amines is 1. The van der Waals surface area contributed by atoms with Crippen molar-refractivity contribution in [2.45, 2.75) is 11.9 Å². The molecule has 0 radical (unpaired) electrons. The molecule has 0 saturated carbocycles. The van der Waals surface area contributed by atoms with E-state index in [1.807, 2.05) is 78.9 Å². The number of aliphatic hydroxyl groups is 1. The van der Waals surface area contributed by atoms with E-state index in [4.69, 9.17) is 23.9 Å². The van der Waals surface area contributed by atoms with Crippen LogP contribution in [0, 0.1) is 0 Å². The predicted octanol–water partition coefficient (Wildman–Crippen LogP) is 4.37. The summed E-state index contributed by atoms with van der Waals surface area (Å²) < 4.78 is 23.1. The third-order valence-corrected chi connectivity index (χ3v) is 5.92. The largest absolute Gasteiger partial charge is 0.497 e. The molecule has 1 aliphatic heterocycles. The van der Waals surface area contributed by atoms with Gasteiger partial charge in [-0.25, -0.2) is 4.98 Å². The van der Waals surface area contributed by atoms with Gasteiger partial charge in [0.1, 0.15) is 17.6 Å². The Bertz CT molecular complexity index is 1170. The molecule has 2 atom stereocenters. The lowest BCUT2D eigenvalue weighted by Crippen LogP contribution is -2.31. The highest BCUT2D eigenvalue weighted by atomic mass is 16.7. The number of aromatic nitrogens is 2. The molecule has 1 saturated heterocycles. The summed E-state index contributed by atoms with van der Waals surface area (Å²) in [5, 5.41) is 9.75. The molecule has 7 nitrogen and oxygen atoms in total. The van der Waals surface area contributed by atoms with Gasteiger partial charge in [0.05, 0.1) is 38.8 Å². The van der Waals surface area contributed by atoms with Gasteiger partial charge in [-0.3, -0.25) is 0 Å². The van der Waals surface area contributed by atoms with Crippen LogP contribution in [0.5, 0.6) is 11.5 Å². The summed E-state index contributed by atoms with van der Waals surface area (Å²) in [5.74, 6) is 0.773. The van der Waals surface area contributed by atoms with Crippen molar-refractivity contribution in [1.82, 2.24) is 9.97 Å². The molecule has 1 aliphatic rings. The Morgan fingerprint density at radius 2 is 1.53 bits per heavy atom. The lowest BCUT2D eigenvalue weighted by Gasteiger charge is -2.26. The molecule has 4 aromatic rings. The lowest BCUT2D eigenvalue weighted by atomic mass is 10.0. The first-order chi connectivity index (χ1) is 16.7. The van der Waals surface area contributed by atoms with Crippen LogP contribution >= 0.6 is 0 Å². The van der Waals surface area contributed by atoms with Crippen LogP contribution in [-0.2, 0) is 15.3 Å². The minimum Gasteiger partial charge on any atom is -0.497 e. The van der Waals surface area contributed by atoms with E-state index in [-0.39, 0.29) is 13.2 Å². The summed E-state index contributed by atoms with van der Waals surface area (Å²) in [5.41, 5.74) is 4.21. The van der Waals surface area contributed by atoms with Crippen LogP contribution in [0.1, 0.15) is 11.4 Å². The third-order valence-electron chi connectivity index (χ3n) is 5.92. The van der Waals surface area contributed by atoms with Gasteiger partial charge in [-0.15, -0.1) is 0 Å². The van der Waals surface area contributed by atoms with E-state index in [1.54, 1.807) is 14.2 Å². The Labute approximate surface area is 197 Å². The average Bonchev–Trinajstić information content (AvgIpc) is 3.55. The summed E-state index contributed by atoms with van der Waals surface area (Å²) in [4.78, 5) is 8.47. The second kappa shape index (κ2) is 9.30. The molecule has 7 heteroatoms. The normalized spacial score (nSPS) is 19.8. The molecular formula is C27H26N2O5. The summed E-state index contributed by atoms with van der Waals surface area (Å²) in [6.45, 7) is 0.105. The van der Waals surface area contributed by atoms with Gasteiger partial charge in [-0.1, -0.05) is 30.3 Å². The number of ether oxygens (including phenoxy) is 4. The fourth-order valence-electron chi connectivity index (χ4n) is 4.13. The minimum absolute atomic E-state index is 0.147. The molecule has 3 aromatic carbocycles. The number of hydrogen-bond acceptors (Lipinski definition) is 6. The summed E-state index contributed by atoms with van der Waals surface area (Å²) >= 11 is 0. The van der Waals surface area contributed by atoms with Gasteiger partial charge in [-0.05, 0) is 48.5 Å². The molecule has 2 heterocycles. The van der Waals surface area contributed by atoms with Gasteiger partial charge < -0.3 is 29.0 Å². The maximum Gasteiger partial charge on any atom is 0.256 e. The molecule has 0 spiro atoms. The summed E-state index contributed by atoms with van der Waals surface area (Å²) in [7, 11) is 3.28. The first kappa shape index (κ1) is 22.2. The quantitative estimate of drug-likeness (QED) is 0.428. The van der Waals surface area contributed by atoms with Gasteiger partial charge in [0.15, 0.2) is 5.82 Å². The van der Waals surface area contributed by atoms with E-state index in [0.29, 0.717) is 5.82 Å². The Balaban J connectivity index is 1.68. The fraction of sp³-hybridized carbons (Fsp3) is 0.222. The number of nitrogens with one attached hydrogen (secondary N) is 1. The van der Waals surface area contributed by atoms with E-state index < -0.39 is 11.9 Å². The Morgan fingerprint density at radius 3 is 2.09 bits per heavy atom. The van der Waals surface area contributed by atoms with Crippen LogP contribution in [-0.4, -0.2) is 48.6 Å². The Hall–Kier alpha value is -3.65. The maximum absolute atomic E-state index is 9.75. The third kappa shape index (κ3) is 3.94. The van der Waals surface area contributed by atoms with Crippen molar-refractivity contribution in [3.63, 3.8) is 0 Å². The van der Waals surface area contributed by atoms with Crippen molar-refractivity contribution in [3.05, 3.63) is 90.3 Å². The van der Waals surface area contributed by atoms with E-state index >= 15 is 0 Å². The standard InChI is InChI=1S/C27H26N2O5/c1-31-21-12-8-18(9-13-21)24-25(19-10-14-22(32-2)15-11-19)29-26(28-24)27(20-6-4-3-5-7-20)33-17-23(16-30)34-27/h3-15,23,30H,16-17H2,1-2H3,(H,28,29). The smallest absolute Gasteiger partial charge is 0.256 e. The lowest BCUT2D eigenvalue weighted by molar-refractivity contribution is -0.152. The van der Waals surface area contributed by atoms with Crippen LogP contribution in [0.2, 0.25) is 0 Å². The van der Waals surface area contributed by atoms with E-state index in [1.165, 1.54) is 0 Å². The van der Waals surface area contributed by atoms with E-state index in [9.17, 15) is 5.11 Å². The number of imidazole rings is 1. The van der Waals surface area contributed by atoms with Gasteiger partial charge in [0, 0.05) is 16.7 Å². The highest BCUT2D eigenvalue weighted by Gasteiger charge is 2.47. The minimum atomic E-state index is -1.26. The molecule has 0 aliphatic carbocycles. The Morgan fingerprint density at radius 1 is 0.912 bits per heavy atom. The van der Waals surface area contributed by atoms with Crippen LogP contribution in [0.3, 0.4) is 0 Å². The molecule has 1 fully saturated rings. The second-order valence-corrected chi connectivity index (χ2v) is 7.98. The van der Waals surface area contributed by atoms with Crippen molar-refractivity contribution in [2.24, 2.45) is 0 Å². The van der Waals surface area contributed by atoms with Crippen LogP contribution in [0.4, 0.5) is 0 Å². The van der Waals surface area contributed by atoms with Gasteiger partial charge in [0.25, 0.3) is 5.79 Å². The van der Waals surface area contributed by atoms with Crippen molar-refractivity contribution < 1.29 is 24.1 Å². The maximum atomic E-state index is 9.75. The van der Waals surface area contributed by atoms with Crippen LogP contribution in [0.15, 0.2) is 78.9 Å². The van der Waals surface area contributed by atoms with Crippen molar-refractivity contribution in [2.75, 3.05) is 27.4 Å². The van der Waals surface area contributed by atoms with Crippen LogP contribution in [0.25, 0.3) is 22.5 Å². The fourth-order valence-corrected chi connectivity index (χ4v) is 4.13. The summed E-state index contributed by atoms with van der Waals surface area (Å²) in [6.07, 6.45) is -0.459. The molecule has 34 heavy (non-hydrogen) atoms. The molecule has 0 bridgehead atoms. The van der Waals surface area contributed by atoms with E-state index in [2.05, 4.69) is 4.98 Å². The molecule has 2 unspecified atom stereocenters. The van der Waals surface area contributed by atoms with Gasteiger partial charge in [-0.2, -0.15) is 0 Å². The van der Waals surface area contributed by atoms with Crippen molar-refractivity contribution >= 4 is 0 Å². The molecule has 5 rings (SSSR count). The number of aliphatic hydroxyl groups excluding tert-OH is 1. The molecule has 1 aromatic heterocycles. The number of benzene rings is 3.